The number of aromatic amines is 1. The van der Waals surface area contributed by atoms with Crippen LogP contribution in [0.1, 0.15) is 27.6 Å². The van der Waals surface area contributed by atoms with Gasteiger partial charge in [-0.05, 0) is 30.2 Å². The molecule has 0 radical (unpaired) electrons. The van der Waals surface area contributed by atoms with Crippen LogP contribution >= 0.6 is 11.6 Å². The number of hydrogen-bond acceptors (Lipinski definition) is 4. The number of carbonyl (C=O) groups excluding carboxylic acids is 1. The Hall–Kier alpha value is -3.33. The Morgan fingerprint density at radius 3 is 2.70 bits per heavy atom. The van der Waals surface area contributed by atoms with Crippen LogP contribution in [0.3, 0.4) is 0 Å². The molecule has 30 heavy (non-hydrogen) atoms. The van der Waals surface area contributed by atoms with Crippen molar-refractivity contribution >= 4 is 28.4 Å². The molecule has 4 aromatic rings. The van der Waals surface area contributed by atoms with Gasteiger partial charge in [0, 0.05) is 46.4 Å². The van der Waals surface area contributed by atoms with Gasteiger partial charge in [0.1, 0.15) is 17.5 Å². The van der Waals surface area contributed by atoms with Crippen molar-refractivity contribution in [3.8, 4) is 0 Å². The Morgan fingerprint density at radius 2 is 1.93 bits per heavy atom. The van der Waals surface area contributed by atoms with Gasteiger partial charge in [0.15, 0.2) is 0 Å². The number of benzene rings is 2. The average molecular weight is 435 g/mol. The molecule has 0 saturated heterocycles. The molecule has 2 N–H and O–H groups in total. The van der Waals surface area contributed by atoms with E-state index in [4.69, 9.17) is 16.1 Å². The number of rotatable bonds is 6. The highest BCUT2D eigenvalue weighted by molar-refractivity contribution is 6.31. The van der Waals surface area contributed by atoms with Crippen molar-refractivity contribution in [2.75, 3.05) is 6.54 Å². The van der Waals surface area contributed by atoms with E-state index in [0.717, 1.165) is 16.5 Å². The number of H-pyrrole nitrogens is 1. The van der Waals surface area contributed by atoms with Crippen LogP contribution in [-0.4, -0.2) is 27.6 Å². The van der Waals surface area contributed by atoms with Gasteiger partial charge >= 0.3 is 0 Å². The number of halogens is 4. The summed E-state index contributed by atoms with van der Waals surface area (Å²) in [6.07, 6.45) is 1.96. The molecule has 2 aromatic carbocycles. The van der Waals surface area contributed by atoms with E-state index < -0.39 is 35.3 Å². The summed E-state index contributed by atoms with van der Waals surface area (Å²) in [5, 5.41) is 7.75. The molecule has 0 fully saturated rings. The Kier molecular flexibility index (Phi) is 5.45. The minimum absolute atomic E-state index is 0.171. The lowest BCUT2D eigenvalue weighted by atomic mass is 10.1. The maximum Gasteiger partial charge on any atom is 0.292 e. The predicted molar refractivity (Wildman–Crippen MR) is 103 cm³/mol. The average Bonchev–Trinajstić information content (AvgIpc) is 3.32. The molecule has 0 unspecified atom stereocenters. The first-order valence-corrected chi connectivity index (χ1v) is 9.28. The van der Waals surface area contributed by atoms with Crippen molar-refractivity contribution in [2.45, 2.75) is 12.8 Å². The van der Waals surface area contributed by atoms with Crippen molar-refractivity contribution in [3.63, 3.8) is 0 Å². The highest BCUT2D eigenvalue weighted by atomic mass is 35.5. The quantitative estimate of drug-likeness (QED) is 0.476. The van der Waals surface area contributed by atoms with E-state index >= 15 is 0 Å². The second-order valence-corrected chi connectivity index (χ2v) is 6.98. The second-order valence-electron chi connectivity index (χ2n) is 6.55. The molecule has 2 aromatic heterocycles. The van der Waals surface area contributed by atoms with Gasteiger partial charge in [-0.25, -0.2) is 13.2 Å². The predicted octanol–water partition coefficient (Wildman–Crippen LogP) is 4.18. The normalized spacial score (nSPS) is 11.2. The zero-order valence-electron chi connectivity index (χ0n) is 15.3. The lowest BCUT2D eigenvalue weighted by molar-refractivity contribution is 0.0941. The topological polar surface area (TPSA) is 83.8 Å². The summed E-state index contributed by atoms with van der Waals surface area (Å²) in [6.45, 7) is 0.295. The monoisotopic (exact) mass is 434 g/mol. The zero-order valence-corrected chi connectivity index (χ0v) is 16.1. The first kappa shape index (κ1) is 20.0. The van der Waals surface area contributed by atoms with Crippen LogP contribution in [0.2, 0.25) is 5.02 Å². The molecule has 0 aliphatic heterocycles. The maximum atomic E-state index is 13.7. The van der Waals surface area contributed by atoms with E-state index in [2.05, 4.69) is 20.4 Å². The van der Waals surface area contributed by atoms with Gasteiger partial charge in [-0.15, -0.1) is 0 Å². The number of carbonyl (C=O) groups is 1. The Labute approximate surface area is 173 Å². The molecule has 0 aliphatic carbocycles. The highest BCUT2D eigenvalue weighted by Gasteiger charge is 2.19. The number of aromatic nitrogens is 3. The van der Waals surface area contributed by atoms with Gasteiger partial charge in [0.05, 0.1) is 6.42 Å². The molecule has 10 heteroatoms. The van der Waals surface area contributed by atoms with Gasteiger partial charge in [0.2, 0.25) is 5.89 Å². The highest BCUT2D eigenvalue weighted by Crippen LogP contribution is 2.22. The summed E-state index contributed by atoms with van der Waals surface area (Å²) in [6, 6.07) is 6.60. The van der Waals surface area contributed by atoms with Crippen molar-refractivity contribution in [2.24, 2.45) is 0 Å². The van der Waals surface area contributed by atoms with Gasteiger partial charge in [-0.1, -0.05) is 16.8 Å². The smallest absolute Gasteiger partial charge is 0.292 e. The van der Waals surface area contributed by atoms with Crippen LogP contribution in [0.5, 0.6) is 0 Å². The lowest BCUT2D eigenvalue weighted by Gasteiger charge is -2.02. The lowest BCUT2D eigenvalue weighted by Crippen LogP contribution is -2.26. The van der Waals surface area contributed by atoms with Crippen LogP contribution in [-0.2, 0) is 12.8 Å². The summed E-state index contributed by atoms with van der Waals surface area (Å²) in [5.41, 5.74) is 1.48. The molecule has 0 atom stereocenters. The molecule has 0 bridgehead atoms. The Bertz CT molecular complexity index is 1210. The van der Waals surface area contributed by atoms with Crippen LogP contribution in [0.15, 0.2) is 41.1 Å². The maximum absolute atomic E-state index is 13.7. The van der Waals surface area contributed by atoms with Crippen LogP contribution < -0.4 is 5.32 Å². The van der Waals surface area contributed by atoms with Gasteiger partial charge in [-0.3, -0.25) is 4.79 Å². The van der Waals surface area contributed by atoms with Gasteiger partial charge in [-0.2, -0.15) is 4.98 Å². The minimum Gasteiger partial charge on any atom is -0.361 e. The molecule has 1 amide bonds. The fourth-order valence-corrected chi connectivity index (χ4v) is 3.23. The van der Waals surface area contributed by atoms with Crippen molar-refractivity contribution in [3.05, 3.63) is 81.8 Å². The van der Waals surface area contributed by atoms with E-state index in [-0.39, 0.29) is 11.7 Å². The third-order valence-electron chi connectivity index (χ3n) is 4.51. The summed E-state index contributed by atoms with van der Waals surface area (Å²) >= 11 is 6.02. The number of hydrogen-bond donors (Lipinski definition) is 2. The fourth-order valence-electron chi connectivity index (χ4n) is 3.06. The van der Waals surface area contributed by atoms with Gasteiger partial charge < -0.3 is 14.8 Å². The Balaban J connectivity index is 1.38. The number of nitrogens with one attached hydrogen (secondary N) is 2. The standard InChI is InChI=1S/C20H14ClF3N4O2/c21-11-1-2-17-13(5-11)10(9-26-17)3-4-25-20(29)19-27-18(30-28-19)8-14-15(23)6-12(22)7-16(14)24/h1-2,5-7,9,26H,3-4,8H2,(H,25,29). The molecule has 4 rings (SSSR count). The molecule has 2 heterocycles. The van der Waals surface area contributed by atoms with E-state index in [1.54, 1.807) is 6.07 Å². The van der Waals surface area contributed by atoms with Crippen LogP contribution in [0.25, 0.3) is 10.9 Å². The molecule has 0 spiro atoms. The SMILES string of the molecule is O=C(NCCc1c[nH]c2ccc(Cl)cc12)c1noc(Cc2c(F)cc(F)cc2F)n1. The zero-order chi connectivity index (χ0) is 21.3. The van der Waals surface area contributed by atoms with Crippen molar-refractivity contribution in [1.29, 1.82) is 0 Å². The van der Waals surface area contributed by atoms with E-state index in [1.807, 2.05) is 18.3 Å². The fraction of sp³-hybridized carbons (Fsp3) is 0.150. The van der Waals surface area contributed by atoms with Gasteiger partial charge in [0.25, 0.3) is 11.7 Å². The summed E-state index contributed by atoms with van der Waals surface area (Å²) in [7, 11) is 0. The minimum atomic E-state index is -1.07. The first-order valence-electron chi connectivity index (χ1n) is 8.90. The molecular formula is C20H14ClF3N4O2. The second kappa shape index (κ2) is 8.19. The summed E-state index contributed by atoms with van der Waals surface area (Å²) in [5.74, 6) is -4.21. The third-order valence-corrected chi connectivity index (χ3v) is 4.75. The first-order chi connectivity index (χ1) is 14.4. The van der Waals surface area contributed by atoms with Crippen LogP contribution in [0.4, 0.5) is 13.2 Å². The van der Waals surface area contributed by atoms with E-state index in [0.29, 0.717) is 30.1 Å². The summed E-state index contributed by atoms with van der Waals surface area (Å²) < 4.78 is 45.4. The third kappa shape index (κ3) is 4.16. The summed E-state index contributed by atoms with van der Waals surface area (Å²) in [4.78, 5) is 19.2. The van der Waals surface area contributed by atoms with Crippen molar-refractivity contribution in [1.82, 2.24) is 20.4 Å². The number of nitrogens with zero attached hydrogens (tertiary/aromatic N) is 2. The molecular weight excluding hydrogens is 421 g/mol. The number of amides is 1. The number of fused-ring (bicyclic) bond motifs is 1. The van der Waals surface area contributed by atoms with Crippen LogP contribution in [0, 0.1) is 17.5 Å². The Morgan fingerprint density at radius 1 is 1.17 bits per heavy atom. The molecule has 0 aliphatic rings. The van der Waals surface area contributed by atoms with E-state index in [1.165, 1.54) is 0 Å². The molecule has 154 valence electrons. The molecule has 6 nitrogen and oxygen atoms in total. The molecule has 0 saturated carbocycles. The van der Waals surface area contributed by atoms with E-state index in [9.17, 15) is 18.0 Å². The largest absolute Gasteiger partial charge is 0.361 e. The van der Waals surface area contributed by atoms with Crippen molar-refractivity contribution < 1.29 is 22.5 Å².